The summed E-state index contributed by atoms with van der Waals surface area (Å²) < 4.78 is 4.33. The molecule has 0 bridgehead atoms. The van der Waals surface area contributed by atoms with Crippen LogP contribution in [-0.4, -0.2) is 11.8 Å². The number of nitrogens with one attached hydrogen (secondary N) is 3. The SMILES string of the molecule is CCCC[n+]1ccc(CCc2ccccc2NNC(=O)C(=O)NCc2cc[n+](CCCC)cc2)cc1. The molecule has 7 nitrogen and oxygen atoms in total. The van der Waals surface area contributed by atoms with Gasteiger partial charge in [0.05, 0.1) is 5.69 Å². The Kier molecular flexibility index (Phi) is 10.9. The van der Waals surface area contributed by atoms with Crippen LogP contribution < -0.4 is 25.3 Å². The van der Waals surface area contributed by atoms with Gasteiger partial charge < -0.3 is 5.32 Å². The number of aryl methyl sites for hydroxylation is 4. The quantitative estimate of drug-likeness (QED) is 0.196. The van der Waals surface area contributed by atoms with Crippen molar-refractivity contribution in [3.05, 3.63) is 90.0 Å². The van der Waals surface area contributed by atoms with Crippen LogP contribution in [0, 0.1) is 0 Å². The number of rotatable bonds is 13. The van der Waals surface area contributed by atoms with Crippen LogP contribution in [-0.2, 0) is 42.1 Å². The molecule has 3 rings (SSSR count). The first-order chi connectivity index (χ1) is 17.6. The molecule has 190 valence electrons. The lowest BCUT2D eigenvalue weighted by Gasteiger charge is -2.13. The molecule has 1 aromatic carbocycles. The van der Waals surface area contributed by atoms with Gasteiger partial charge in [0.15, 0.2) is 24.8 Å². The van der Waals surface area contributed by atoms with Gasteiger partial charge in [-0.25, -0.2) is 9.13 Å². The van der Waals surface area contributed by atoms with Crippen molar-refractivity contribution >= 4 is 17.5 Å². The first-order valence-electron chi connectivity index (χ1n) is 13.0. The lowest BCUT2D eigenvalue weighted by atomic mass is 10.0. The summed E-state index contributed by atoms with van der Waals surface area (Å²) in [5, 5.41) is 2.67. The summed E-state index contributed by atoms with van der Waals surface area (Å²) in [5.74, 6) is -1.40. The fourth-order valence-electron chi connectivity index (χ4n) is 3.82. The second-order valence-electron chi connectivity index (χ2n) is 9.01. The highest BCUT2D eigenvalue weighted by molar-refractivity contribution is 6.35. The summed E-state index contributed by atoms with van der Waals surface area (Å²) >= 11 is 0. The number of benzene rings is 1. The molecule has 3 aromatic rings. The molecule has 0 aliphatic carbocycles. The highest BCUT2D eigenvalue weighted by Gasteiger charge is 2.14. The number of aromatic nitrogens is 2. The predicted octanol–water partition coefficient (Wildman–Crippen LogP) is 3.41. The van der Waals surface area contributed by atoms with Gasteiger partial charge in [0.25, 0.3) is 0 Å². The zero-order valence-corrected chi connectivity index (χ0v) is 21.5. The van der Waals surface area contributed by atoms with E-state index in [1.807, 2.05) is 48.8 Å². The van der Waals surface area contributed by atoms with E-state index in [9.17, 15) is 9.59 Å². The topological polar surface area (TPSA) is 78.0 Å². The van der Waals surface area contributed by atoms with E-state index < -0.39 is 11.8 Å². The molecule has 0 aliphatic rings. The van der Waals surface area contributed by atoms with Crippen LogP contribution in [0.4, 0.5) is 5.69 Å². The van der Waals surface area contributed by atoms with Crippen molar-refractivity contribution in [2.45, 2.75) is 72.0 Å². The van der Waals surface area contributed by atoms with E-state index in [0.29, 0.717) is 6.54 Å². The molecule has 36 heavy (non-hydrogen) atoms. The number of carbonyl (C=O) groups excluding carboxylic acids is 2. The van der Waals surface area contributed by atoms with Crippen LogP contribution in [0.3, 0.4) is 0 Å². The first kappa shape index (κ1) is 26.9. The summed E-state index contributed by atoms with van der Waals surface area (Å²) in [5.41, 5.74) is 9.51. The zero-order valence-electron chi connectivity index (χ0n) is 21.5. The van der Waals surface area contributed by atoms with Crippen LogP contribution >= 0.6 is 0 Å². The third-order valence-corrected chi connectivity index (χ3v) is 6.13. The Hall–Kier alpha value is -3.74. The van der Waals surface area contributed by atoms with Crippen molar-refractivity contribution < 1.29 is 18.7 Å². The predicted molar refractivity (Wildman–Crippen MR) is 141 cm³/mol. The van der Waals surface area contributed by atoms with Crippen molar-refractivity contribution in [1.82, 2.24) is 10.7 Å². The maximum Gasteiger partial charge on any atom is 0.327 e. The van der Waals surface area contributed by atoms with Crippen LogP contribution in [0.1, 0.15) is 56.2 Å². The number of unbranched alkanes of at least 4 members (excludes halogenated alkanes) is 2. The monoisotopic (exact) mass is 489 g/mol. The van der Waals surface area contributed by atoms with Gasteiger partial charge in [-0.05, 0) is 35.6 Å². The Morgan fingerprint density at radius 1 is 0.722 bits per heavy atom. The largest absolute Gasteiger partial charge is 0.344 e. The molecule has 0 aliphatic heterocycles. The minimum Gasteiger partial charge on any atom is -0.344 e. The number of anilines is 1. The number of para-hydroxylation sites is 1. The second-order valence-corrected chi connectivity index (χ2v) is 9.01. The first-order valence-corrected chi connectivity index (χ1v) is 13.0. The number of nitrogens with zero attached hydrogens (tertiary/aromatic N) is 2. The summed E-state index contributed by atoms with van der Waals surface area (Å²) in [6.45, 7) is 6.68. The Labute approximate surface area is 214 Å². The Balaban J connectivity index is 1.45. The summed E-state index contributed by atoms with van der Waals surface area (Å²) in [6.07, 6.45) is 14.6. The van der Waals surface area contributed by atoms with E-state index in [0.717, 1.165) is 55.6 Å². The molecule has 2 heterocycles. The standard InChI is InChI=1S/C29H37N5O2/c1-3-5-17-33-19-13-24(14-20-33)11-12-26-9-7-8-10-27(26)31-32-29(36)28(35)30-23-25-15-21-34(22-16-25)18-6-4-2/h7-10,13-16,19-22H,3-6,11-12,17-18,23H2,1-2H3,(H-2,30,31,32,35,36)/p+2. The smallest absolute Gasteiger partial charge is 0.327 e. The maximum absolute atomic E-state index is 12.3. The fraction of sp³-hybridized carbons (Fsp3) is 0.379. The number of hydrogen-bond donors (Lipinski definition) is 3. The molecule has 0 fully saturated rings. The van der Waals surface area contributed by atoms with Crippen molar-refractivity contribution in [1.29, 1.82) is 0 Å². The number of hydrogen-bond acceptors (Lipinski definition) is 3. The van der Waals surface area contributed by atoms with E-state index >= 15 is 0 Å². The molecule has 0 saturated heterocycles. The second kappa shape index (κ2) is 14.6. The molecular formula is C29H39N5O2+2. The van der Waals surface area contributed by atoms with Gasteiger partial charge in [-0.1, -0.05) is 44.9 Å². The summed E-state index contributed by atoms with van der Waals surface area (Å²) in [4.78, 5) is 24.6. The molecular weight excluding hydrogens is 450 g/mol. The van der Waals surface area contributed by atoms with Crippen LogP contribution in [0.2, 0.25) is 0 Å². The lowest BCUT2D eigenvalue weighted by Crippen LogP contribution is -2.42. The van der Waals surface area contributed by atoms with Crippen LogP contribution in [0.5, 0.6) is 0 Å². The minimum absolute atomic E-state index is 0.299. The van der Waals surface area contributed by atoms with E-state index in [2.05, 4.69) is 63.7 Å². The van der Waals surface area contributed by atoms with Gasteiger partial charge in [-0.15, -0.1) is 0 Å². The molecule has 0 radical (unpaired) electrons. The third-order valence-electron chi connectivity index (χ3n) is 6.13. The van der Waals surface area contributed by atoms with Crippen LogP contribution in [0.25, 0.3) is 0 Å². The zero-order chi connectivity index (χ0) is 25.6. The molecule has 3 N–H and O–H groups in total. The Bertz CT molecular complexity index is 1100. The van der Waals surface area contributed by atoms with Gasteiger partial charge in [0.2, 0.25) is 0 Å². The van der Waals surface area contributed by atoms with E-state index in [-0.39, 0.29) is 0 Å². The normalized spacial score (nSPS) is 10.6. The fourth-order valence-corrected chi connectivity index (χ4v) is 3.82. The average Bonchev–Trinajstić information content (AvgIpc) is 2.92. The lowest BCUT2D eigenvalue weighted by molar-refractivity contribution is -0.697. The van der Waals surface area contributed by atoms with Gasteiger partial charge in [-0.3, -0.25) is 20.4 Å². The van der Waals surface area contributed by atoms with E-state index in [4.69, 9.17) is 0 Å². The number of amides is 2. The molecule has 2 aromatic heterocycles. The minimum atomic E-state index is -0.724. The number of carbonyl (C=O) groups is 2. The average molecular weight is 490 g/mol. The van der Waals surface area contributed by atoms with Gasteiger partial charge >= 0.3 is 11.8 Å². The van der Waals surface area contributed by atoms with Crippen molar-refractivity contribution in [3.63, 3.8) is 0 Å². The van der Waals surface area contributed by atoms with Crippen LogP contribution in [0.15, 0.2) is 73.3 Å². The molecule has 0 spiro atoms. The third kappa shape index (κ3) is 8.80. The number of pyridine rings is 2. The number of hydrazine groups is 1. The van der Waals surface area contributed by atoms with Crippen molar-refractivity contribution in [2.75, 3.05) is 5.43 Å². The summed E-state index contributed by atoms with van der Waals surface area (Å²) in [7, 11) is 0. The molecule has 2 amide bonds. The molecule has 0 unspecified atom stereocenters. The van der Waals surface area contributed by atoms with Crippen molar-refractivity contribution in [3.8, 4) is 0 Å². The highest BCUT2D eigenvalue weighted by Crippen LogP contribution is 2.16. The molecule has 7 heteroatoms. The Morgan fingerprint density at radius 2 is 1.31 bits per heavy atom. The van der Waals surface area contributed by atoms with Crippen molar-refractivity contribution in [2.24, 2.45) is 0 Å². The maximum atomic E-state index is 12.3. The highest BCUT2D eigenvalue weighted by atomic mass is 16.2. The molecule has 0 atom stereocenters. The van der Waals surface area contributed by atoms with Gasteiger partial charge in [-0.2, -0.15) is 0 Å². The summed E-state index contributed by atoms with van der Waals surface area (Å²) in [6, 6.07) is 16.0. The molecule has 0 saturated carbocycles. The van der Waals surface area contributed by atoms with Gasteiger partial charge in [0.1, 0.15) is 13.1 Å². The van der Waals surface area contributed by atoms with E-state index in [1.54, 1.807) is 0 Å². The van der Waals surface area contributed by atoms with Gasteiger partial charge in [0, 0.05) is 43.7 Å². The Morgan fingerprint density at radius 3 is 1.92 bits per heavy atom. The van der Waals surface area contributed by atoms with E-state index in [1.165, 1.54) is 18.4 Å².